The van der Waals surface area contributed by atoms with Gasteiger partial charge in [-0.25, -0.2) is 9.50 Å². The second-order valence-corrected chi connectivity index (χ2v) is 4.34. The zero-order valence-electron chi connectivity index (χ0n) is 10.5. The van der Waals surface area contributed by atoms with Gasteiger partial charge < -0.3 is 5.73 Å². The molecule has 0 atom stereocenters. The Morgan fingerprint density at radius 1 is 1.16 bits per heavy atom. The van der Waals surface area contributed by atoms with E-state index in [2.05, 4.69) is 10.1 Å². The van der Waals surface area contributed by atoms with Gasteiger partial charge in [0.15, 0.2) is 11.5 Å². The summed E-state index contributed by atoms with van der Waals surface area (Å²) in [6.07, 6.45) is 0. The third-order valence-electron chi connectivity index (χ3n) is 3.00. The smallest absolute Gasteiger partial charge is 0.182 e. The highest BCUT2D eigenvalue weighted by atomic mass is 15.3. The minimum absolute atomic E-state index is 0.00277. The van der Waals surface area contributed by atoms with Gasteiger partial charge in [0, 0.05) is 11.3 Å². The van der Waals surface area contributed by atoms with Crippen LogP contribution in [-0.4, -0.2) is 20.4 Å². The van der Waals surface area contributed by atoms with Gasteiger partial charge in [-0.2, -0.15) is 0 Å². The lowest BCUT2D eigenvalue weighted by Crippen LogP contribution is -2.13. The van der Waals surface area contributed by atoms with E-state index in [4.69, 9.17) is 11.1 Å². The van der Waals surface area contributed by atoms with Crippen LogP contribution < -0.4 is 5.73 Å². The second-order valence-electron chi connectivity index (χ2n) is 4.34. The Morgan fingerprint density at radius 2 is 1.89 bits per heavy atom. The average molecular weight is 251 g/mol. The van der Waals surface area contributed by atoms with Crippen molar-refractivity contribution in [2.75, 3.05) is 0 Å². The van der Waals surface area contributed by atoms with Gasteiger partial charge in [0.1, 0.15) is 5.84 Å². The lowest BCUT2D eigenvalue weighted by Gasteiger charge is -2.02. The van der Waals surface area contributed by atoms with Crippen LogP contribution in [0.5, 0.6) is 0 Å². The SMILES string of the molecule is Cc1ccc(C(=N)N)c2nc(-c3ccccc3)nn12. The van der Waals surface area contributed by atoms with Crippen LogP contribution >= 0.6 is 0 Å². The maximum atomic E-state index is 7.60. The average Bonchev–Trinajstić information content (AvgIpc) is 2.85. The Hall–Kier alpha value is -2.69. The lowest BCUT2D eigenvalue weighted by molar-refractivity contribution is 0.917. The zero-order valence-corrected chi connectivity index (χ0v) is 10.5. The summed E-state index contributed by atoms with van der Waals surface area (Å²) in [5.74, 6) is 0.634. The quantitative estimate of drug-likeness (QED) is 0.540. The van der Waals surface area contributed by atoms with Crippen molar-refractivity contribution in [3.8, 4) is 11.4 Å². The van der Waals surface area contributed by atoms with Crippen LogP contribution in [-0.2, 0) is 0 Å². The molecule has 5 heteroatoms. The van der Waals surface area contributed by atoms with Crippen LogP contribution in [0.1, 0.15) is 11.3 Å². The monoisotopic (exact) mass is 251 g/mol. The number of nitrogens with one attached hydrogen (secondary N) is 1. The van der Waals surface area contributed by atoms with Gasteiger partial charge in [0.05, 0.1) is 5.56 Å². The molecule has 3 N–H and O–H groups in total. The molecule has 0 spiro atoms. The van der Waals surface area contributed by atoms with Crippen LogP contribution in [0.4, 0.5) is 0 Å². The standard InChI is InChI=1S/C14H13N5/c1-9-7-8-11(12(15)16)14-17-13(18-19(9)14)10-5-3-2-4-6-10/h2-8H,1H3,(H3,15,16). The molecule has 1 aromatic carbocycles. The van der Waals surface area contributed by atoms with Crippen LogP contribution in [0.25, 0.3) is 17.0 Å². The number of aryl methyl sites for hydroxylation is 1. The van der Waals surface area contributed by atoms with Crippen molar-refractivity contribution in [3.05, 3.63) is 53.7 Å². The molecular formula is C14H13N5. The first kappa shape index (κ1) is 11.4. The Bertz CT molecular complexity index is 758. The highest BCUT2D eigenvalue weighted by molar-refractivity contribution is 6.00. The number of aromatic nitrogens is 3. The summed E-state index contributed by atoms with van der Waals surface area (Å²) in [4.78, 5) is 4.50. The van der Waals surface area contributed by atoms with E-state index in [1.807, 2.05) is 43.3 Å². The van der Waals surface area contributed by atoms with E-state index in [-0.39, 0.29) is 5.84 Å². The van der Waals surface area contributed by atoms with Gasteiger partial charge >= 0.3 is 0 Å². The minimum Gasteiger partial charge on any atom is -0.384 e. The Labute approximate surface area is 110 Å². The molecule has 19 heavy (non-hydrogen) atoms. The fraction of sp³-hybridized carbons (Fsp3) is 0.0714. The van der Waals surface area contributed by atoms with Gasteiger partial charge in [-0.3, -0.25) is 5.41 Å². The fourth-order valence-corrected chi connectivity index (χ4v) is 2.00. The van der Waals surface area contributed by atoms with Crippen LogP contribution in [0.3, 0.4) is 0 Å². The number of amidine groups is 1. The van der Waals surface area contributed by atoms with E-state index < -0.39 is 0 Å². The number of hydrogen-bond donors (Lipinski definition) is 2. The molecule has 0 aliphatic carbocycles. The molecule has 0 amide bonds. The van der Waals surface area contributed by atoms with E-state index >= 15 is 0 Å². The third-order valence-corrected chi connectivity index (χ3v) is 3.00. The van der Waals surface area contributed by atoms with Crippen molar-refractivity contribution < 1.29 is 0 Å². The zero-order chi connectivity index (χ0) is 13.4. The Kier molecular flexibility index (Phi) is 2.52. The molecular weight excluding hydrogens is 238 g/mol. The van der Waals surface area contributed by atoms with Crippen molar-refractivity contribution in [2.24, 2.45) is 5.73 Å². The summed E-state index contributed by atoms with van der Waals surface area (Å²) in [6.45, 7) is 1.94. The van der Waals surface area contributed by atoms with E-state index in [0.29, 0.717) is 17.0 Å². The van der Waals surface area contributed by atoms with Crippen LogP contribution in [0.2, 0.25) is 0 Å². The number of hydrogen-bond acceptors (Lipinski definition) is 3. The molecule has 0 bridgehead atoms. The maximum Gasteiger partial charge on any atom is 0.182 e. The van der Waals surface area contributed by atoms with Crippen molar-refractivity contribution in [1.82, 2.24) is 14.6 Å². The second kappa shape index (κ2) is 4.20. The van der Waals surface area contributed by atoms with Crippen molar-refractivity contribution in [1.29, 1.82) is 5.41 Å². The van der Waals surface area contributed by atoms with Crippen molar-refractivity contribution in [3.63, 3.8) is 0 Å². The number of pyridine rings is 1. The number of fused-ring (bicyclic) bond motifs is 1. The molecule has 0 fully saturated rings. The van der Waals surface area contributed by atoms with Crippen LogP contribution in [0.15, 0.2) is 42.5 Å². The molecule has 0 aliphatic rings. The largest absolute Gasteiger partial charge is 0.384 e. The molecule has 0 aliphatic heterocycles. The summed E-state index contributed by atoms with van der Waals surface area (Å²) in [6, 6.07) is 13.4. The molecule has 3 rings (SSSR count). The number of benzene rings is 1. The number of nitrogen functional groups attached to an aromatic ring is 1. The lowest BCUT2D eigenvalue weighted by atomic mass is 10.2. The number of rotatable bonds is 2. The van der Waals surface area contributed by atoms with E-state index in [1.165, 1.54) is 0 Å². The van der Waals surface area contributed by atoms with Crippen molar-refractivity contribution >= 4 is 11.5 Å². The highest BCUT2D eigenvalue weighted by Crippen LogP contribution is 2.18. The molecule has 2 aromatic heterocycles. The number of nitrogens with zero attached hydrogens (tertiary/aromatic N) is 3. The van der Waals surface area contributed by atoms with Gasteiger partial charge in [-0.05, 0) is 19.1 Å². The van der Waals surface area contributed by atoms with E-state index in [0.717, 1.165) is 11.3 Å². The highest BCUT2D eigenvalue weighted by Gasteiger charge is 2.12. The van der Waals surface area contributed by atoms with Gasteiger partial charge in [0.2, 0.25) is 0 Å². The summed E-state index contributed by atoms with van der Waals surface area (Å²) in [5, 5.41) is 12.1. The maximum absolute atomic E-state index is 7.60. The molecule has 0 unspecified atom stereocenters. The minimum atomic E-state index is -0.00277. The summed E-state index contributed by atoms with van der Waals surface area (Å²) >= 11 is 0. The molecule has 0 saturated carbocycles. The Balaban J connectivity index is 2.29. The first-order chi connectivity index (χ1) is 9.16. The molecule has 2 heterocycles. The topological polar surface area (TPSA) is 80.1 Å². The van der Waals surface area contributed by atoms with E-state index in [9.17, 15) is 0 Å². The molecule has 0 saturated heterocycles. The molecule has 0 radical (unpaired) electrons. The van der Waals surface area contributed by atoms with Gasteiger partial charge in [-0.1, -0.05) is 30.3 Å². The normalized spacial score (nSPS) is 10.8. The van der Waals surface area contributed by atoms with E-state index in [1.54, 1.807) is 10.6 Å². The predicted molar refractivity (Wildman–Crippen MR) is 74.2 cm³/mol. The van der Waals surface area contributed by atoms with Gasteiger partial charge in [0.25, 0.3) is 0 Å². The van der Waals surface area contributed by atoms with Crippen LogP contribution in [0, 0.1) is 12.3 Å². The predicted octanol–water partition coefficient (Wildman–Crippen LogP) is 1.99. The molecule has 5 nitrogen and oxygen atoms in total. The first-order valence-electron chi connectivity index (χ1n) is 5.93. The number of nitrogens with two attached hydrogens (primary N) is 1. The summed E-state index contributed by atoms with van der Waals surface area (Å²) in [5.41, 5.74) is 8.69. The molecule has 3 aromatic rings. The third kappa shape index (κ3) is 1.85. The first-order valence-corrected chi connectivity index (χ1v) is 5.93. The fourth-order valence-electron chi connectivity index (χ4n) is 2.00. The summed E-state index contributed by atoms with van der Waals surface area (Å²) in [7, 11) is 0. The Morgan fingerprint density at radius 3 is 2.58 bits per heavy atom. The summed E-state index contributed by atoms with van der Waals surface area (Å²) < 4.78 is 1.72. The van der Waals surface area contributed by atoms with Crippen molar-refractivity contribution in [2.45, 2.75) is 6.92 Å². The molecule has 94 valence electrons. The van der Waals surface area contributed by atoms with Gasteiger partial charge in [-0.15, -0.1) is 5.10 Å².